The molecule has 6 nitrogen and oxygen atoms in total. The molecule has 122 valence electrons. The average molecular weight is 326 g/mol. The van der Waals surface area contributed by atoms with Crippen LogP contribution in [0.5, 0.6) is 0 Å². The quantitative estimate of drug-likeness (QED) is 0.765. The third kappa shape index (κ3) is 4.06. The van der Waals surface area contributed by atoms with Crippen molar-refractivity contribution in [1.82, 2.24) is 9.62 Å². The highest BCUT2D eigenvalue weighted by atomic mass is 32.2. The zero-order valence-electron chi connectivity index (χ0n) is 12.7. The molecule has 1 N–H and O–H groups in total. The molecule has 1 heterocycles. The lowest BCUT2D eigenvalue weighted by Crippen LogP contribution is -2.28. The van der Waals surface area contributed by atoms with E-state index in [1.165, 1.54) is 16.4 Å². The molecule has 1 saturated heterocycles. The van der Waals surface area contributed by atoms with E-state index >= 15 is 0 Å². The van der Waals surface area contributed by atoms with Crippen LogP contribution in [0.2, 0.25) is 0 Å². The van der Waals surface area contributed by atoms with Gasteiger partial charge in [-0.25, -0.2) is 8.42 Å². The van der Waals surface area contributed by atoms with Crippen molar-refractivity contribution >= 4 is 15.9 Å². The van der Waals surface area contributed by atoms with E-state index in [-0.39, 0.29) is 10.8 Å². The van der Waals surface area contributed by atoms with Gasteiger partial charge in [0.15, 0.2) is 0 Å². The SMILES string of the molecule is COCCCNC(=O)c1ccc(S(=O)(=O)N2CCCC2)cc1. The summed E-state index contributed by atoms with van der Waals surface area (Å²) in [5.41, 5.74) is 0.456. The van der Waals surface area contributed by atoms with Gasteiger partial charge in [0.1, 0.15) is 0 Å². The fraction of sp³-hybridized carbons (Fsp3) is 0.533. The molecule has 1 aliphatic rings. The van der Waals surface area contributed by atoms with Gasteiger partial charge in [-0.05, 0) is 43.5 Å². The van der Waals surface area contributed by atoms with Crippen molar-refractivity contribution in [3.05, 3.63) is 29.8 Å². The highest BCUT2D eigenvalue weighted by Crippen LogP contribution is 2.21. The Morgan fingerprint density at radius 2 is 1.86 bits per heavy atom. The van der Waals surface area contributed by atoms with Gasteiger partial charge in [0, 0.05) is 38.9 Å². The molecule has 0 saturated carbocycles. The molecule has 0 aliphatic carbocycles. The van der Waals surface area contributed by atoms with Crippen LogP contribution in [0.1, 0.15) is 29.6 Å². The van der Waals surface area contributed by atoms with E-state index in [1.807, 2.05) is 0 Å². The summed E-state index contributed by atoms with van der Waals surface area (Å²) in [7, 11) is -1.81. The molecule has 1 aromatic rings. The molecular weight excluding hydrogens is 304 g/mol. The molecule has 0 spiro atoms. The lowest BCUT2D eigenvalue weighted by molar-refractivity contribution is 0.0948. The lowest BCUT2D eigenvalue weighted by atomic mass is 10.2. The minimum atomic E-state index is -3.42. The Morgan fingerprint density at radius 3 is 2.45 bits per heavy atom. The second-order valence-electron chi connectivity index (χ2n) is 5.24. The zero-order valence-corrected chi connectivity index (χ0v) is 13.6. The highest BCUT2D eigenvalue weighted by molar-refractivity contribution is 7.89. The molecule has 0 atom stereocenters. The fourth-order valence-electron chi connectivity index (χ4n) is 2.38. The first kappa shape index (κ1) is 16.9. The van der Waals surface area contributed by atoms with E-state index in [0.29, 0.717) is 31.8 Å². The molecule has 7 heteroatoms. The summed E-state index contributed by atoms with van der Waals surface area (Å²) in [6, 6.07) is 6.10. The topological polar surface area (TPSA) is 75.7 Å². The number of nitrogens with zero attached hydrogens (tertiary/aromatic N) is 1. The largest absolute Gasteiger partial charge is 0.385 e. The van der Waals surface area contributed by atoms with Crippen LogP contribution in [0.15, 0.2) is 29.2 Å². The van der Waals surface area contributed by atoms with E-state index in [1.54, 1.807) is 19.2 Å². The normalized spacial score (nSPS) is 15.9. The predicted octanol–water partition coefficient (Wildman–Crippen LogP) is 1.24. The van der Waals surface area contributed by atoms with Crippen LogP contribution in [0, 0.1) is 0 Å². The Bertz CT molecular complexity index is 592. The van der Waals surface area contributed by atoms with Crippen molar-refractivity contribution in [2.24, 2.45) is 0 Å². The summed E-state index contributed by atoms with van der Waals surface area (Å²) in [5, 5.41) is 2.77. The average Bonchev–Trinajstić information content (AvgIpc) is 3.07. The standard InChI is InChI=1S/C15H22N2O4S/c1-21-12-4-9-16-15(18)13-5-7-14(8-6-13)22(19,20)17-10-2-3-11-17/h5-8H,2-4,9-12H2,1H3,(H,16,18). The number of benzene rings is 1. The molecule has 2 rings (SSSR count). The fourth-order valence-corrected chi connectivity index (χ4v) is 3.89. The Balaban J connectivity index is 1.99. The second kappa shape index (κ2) is 7.71. The Kier molecular flexibility index (Phi) is 5.93. The van der Waals surface area contributed by atoms with Crippen molar-refractivity contribution in [3.8, 4) is 0 Å². The summed E-state index contributed by atoms with van der Waals surface area (Å²) in [4.78, 5) is 12.2. The maximum Gasteiger partial charge on any atom is 0.251 e. The van der Waals surface area contributed by atoms with E-state index in [2.05, 4.69) is 5.32 Å². The van der Waals surface area contributed by atoms with Gasteiger partial charge in [-0.1, -0.05) is 0 Å². The van der Waals surface area contributed by atoms with Crippen molar-refractivity contribution in [1.29, 1.82) is 0 Å². The van der Waals surface area contributed by atoms with Crippen molar-refractivity contribution in [2.75, 3.05) is 33.4 Å². The monoisotopic (exact) mass is 326 g/mol. The molecule has 0 radical (unpaired) electrons. The number of carbonyl (C=O) groups is 1. The summed E-state index contributed by atoms with van der Waals surface area (Å²) in [6.45, 7) is 2.27. The van der Waals surface area contributed by atoms with Crippen LogP contribution in [-0.4, -0.2) is 52.0 Å². The van der Waals surface area contributed by atoms with Crippen LogP contribution in [0.3, 0.4) is 0 Å². The first-order valence-electron chi connectivity index (χ1n) is 7.43. The smallest absolute Gasteiger partial charge is 0.251 e. The predicted molar refractivity (Wildman–Crippen MR) is 83.3 cm³/mol. The second-order valence-corrected chi connectivity index (χ2v) is 7.18. The molecular formula is C15H22N2O4S. The minimum Gasteiger partial charge on any atom is -0.385 e. The Morgan fingerprint density at radius 1 is 1.23 bits per heavy atom. The number of nitrogens with one attached hydrogen (secondary N) is 1. The number of hydrogen-bond donors (Lipinski definition) is 1. The number of ether oxygens (including phenoxy) is 1. The molecule has 1 aromatic carbocycles. The number of carbonyl (C=O) groups excluding carboxylic acids is 1. The minimum absolute atomic E-state index is 0.207. The van der Waals surface area contributed by atoms with Gasteiger partial charge >= 0.3 is 0 Å². The van der Waals surface area contributed by atoms with Crippen LogP contribution in [0.25, 0.3) is 0 Å². The van der Waals surface area contributed by atoms with E-state index in [9.17, 15) is 13.2 Å². The first-order chi connectivity index (χ1) is 10.6. The first-order valence-corrected chi connectivity index (χ1v) is 8.87. The van der Waals surface area contributed by atoms with E-state index < -0.39 is 10.0 Å². The zero-order chi connectivity index (χ0) is 16.0. The third-order valence-electron chi connectivity index (χ3n) is 3.63. The van der Waals surface area contributed by atoms with E-state index in [4.69, 9.17) is 4.74 Å². The van der Waals surface area contributed by atoms with Gasteiger partial charge < -0.3 is 10.1 Å². The van der Waals surface area contributed by atoms with Gasteiger partial charge in [0.2, 0.25) is 10.0 Å². The molecule has 0 bridgehead atoms. The molecule has 0 unspecified atom stereocenters. The molecule has 0 aromatic heterocycles. The molecule has 1 aliphatic heterocycles. The molecule has 1 amide bonds. The summed E-state index contributed by atoms with van der Waals surface area (Å²) in [6.07, 6.45) is 2.55. The van der Waals surface area contributed by atoms with Gasteiger partial charge in [-0.2, -0.15) is 4.31 Å². The van der Waals surface area contributed by atoms with Crippen LogP contribution in [0.4, 0.5) is 0 Å². The van der Waals surface area contributed by atoms with E-state index in [0.717, 1.165) is 19.3 Å². The third-order valence-corrected chi connectivity index (χ3v) is 5.54. The molecule has 22 heavy (non-hydrogen) atoms. The van der Waals surface area contributed by atoms with Crippen molar-refractivity contribution < 1.29 is 17.9 Å². The summed E-state index contributed by atoms with van der Waals surface area (Å²) < 4.78 is 31.1. The number of amides is 1. The highest BCUT2D eigenvalue weighted by Gasteiger charge is 2.27. The van der Waals surface area contributed by atoms with Gasteiger partial charge in [-0.15, -0.1) is 0 Å². The summed E-state index contributed by atoms with van der Waals surface area (Å²) in [5.74, 6) is -0.207. The Hall–Kier alpha value is -1.44. The van der Waals surface area contributed by atoms with Gasteiger partial charge in [-0.3, -0.25) is 4.79 Å². The Labute approximate surface area is 131 Å². The maximum absolute atomic E-state index is 12.4. The lowest BCUT2D eigenvalue weighted by Gasteiger charge is -2.15. The number of rotatable bonds is 7. The van der Waals surface area contributed by atoms with Crippen LogP contribution in [-0.2, 0) is 14.8 Å². The number of sulfonamides is 1. The van der Waals surface area contributed by atoms with Gasteiger partial charge in [0.05, 0.1) is 4.90 Å². The van der Waals surface area contributed by atoms with Crippen molar-refractivity contribution in [2.45, 2.75) is 24.2 Å². The number of methoxy groups -OCH3 is 1. The summed E-state index contributed by atoms with van der Waals surface area (Å²) >= 11 is 0. The maximum atomic E-state index is 12.4. The number of hydrogen-bond acceptors (Lipinski definition) is 4. The molecule has 1 fully saturated rings. The van der Waals surface area contributed by atoms with Crippen LogP contribution < -0.4 is 5.32 Å². The van der Waals surface area contributed by atoms with Crippen LogP contribution >= 0.6 is 0 Å². The van der Waals surface area contributed by atoms with Gasteiger partial charge in [0.25, 0.3) is 5.91 Å². The van der Waals surface area contributed by atoms with Crippen molar-refractivity contribution in [3.63, 3.8) is 0 Å².